The molecule has 2 aliphatic rings. The van der Waals surface area contributed by atoms with E-state index < -0.39 is 5.56 Å². The van der Waals surface area contributed by atoms with Crippen LogP contribution in [-0.4, -0.2) is 53.0 Å². The van der Waals surface area contributed by atoms with Crippen LogP contribution in [0.1, 0.15) is 30.1 Å². The van der Waals surface area contributed by atoms with E-state index >= 15 is 0 Å². The molecule has 11 heteroatoms. The number of nitrogens with one attached hydrogen (secondary N) is 1. The SMILES string of the molecule is CCOC(=O)C1CCN(C(=O)c2cccc(Nc3c(Oc4ccc5c(c4)OCO5)cnn(C)c3=O)c2)CC1. The van der Waals surface area contributed by atoms with Gasteiger partial charge in [0.05, 0.1) is 18.7 Å². The maximum Gasteiger partial charge on any atom is 0.309 e. The van der Waals surface area contributed by atoms with Crippen molar-refractivity contribution in [3.63, 3.8) is 0 Å². The molecule has 0 spiro atoms. The number of carbonyl (C=O) groups excluding carboxylic acids is 2. The number of hydrogen-bond donors (Lipinski definition) is 1. The third-order valence-corrected chi connectivity index (χ3v) is 6.46. The second kappa shape index (κ2) is 10.8. The number of likely N-dealkylation sites (tertiary alicyclic amines) is 1. The van der Waals surface area contributed by atoms with Gasteiger partial charge in [0.1, 0.15) is 5.75 Å². The average molecular weight is 521 g/mol. The highest BCUT2D eigenvalue weighted by Crippen LogP contribution is 2.37. The lowest BCUT2D eigenvalue weighted by Gasteiger charge is -2.31. The van der Waals surface area contributed by atoms with Crippen molar-refractivity contribution in [3.05, 3.63) is 64.6 Å². The normalized spacial score (nSPS) is 14.7. The number of amides is 1. The van der Waals surface area contributed by atoms with E-state index in [0.29, 0.717) is 61.0 Å². The molecule has 1 N–H and O–H groups in total. The molecular formula is C27H28N4O7. The Bertz CT molecular complexity index is 1410. The maximum atomic E-state index is 13.2. The maximum absolute atomic E-state index is 13.2. The lowest BCUT2D eigenvalue weighted by atomic mass is 9.96. The highest BCUT2D eigenvalue weighted by Gasteiger charge is 2.29. The molecule has 1 amide bonds. The monoisotopic (exact) mass is 520 g/mol. The summed E-state index contributed by atoms with van der Waals surface area (Å²) in [6, 6.07) is 12.0. The minimum absolute atomic E-state index is 0.136. The van der Waals surface area contributed by atoms with Crippen LogP contribution in [-0.2, 0) is 16.6 Å². The summed E-state index contributed by atoms with van der Waals surface area (Å²) in [4.78, 5) is 39.9. The molecule has 0 unspecified atom stereocenters. The number of rotatable bonds is 7. The Morgan fingerprint density at radius 2 is 1.89 bits per heavy atom. The van der Waals surface area contributed by atoms with Gasteiger partial charge in [-0.05, 0) is 50.1 Å². The Labute approximate surface area is 218 Å². The Balaban J connectivity index is 1.32. The second-order valence-corrected chi connectivity index (χ2v) is 8.95. The zero-order valence-electron chi connectivity index (χ0n) is 21.1. The lowest BCUT2D eigenvalue weighted by Crippen LogP contribution is -2.40. The van der Waals surface area contributed by atoms with Gasteiger partial charge in [-0.3, -0.25) is 14.4 Å². The summed E-state index contributed by atoms with van der Waals surface area (Å²) < 4.78 is 23.0. The molecule has 0 radical (unpaired) electrons. The molecule has 2 aromatic carbocycles. The van der Waals surface area contributed by atoms with Gasteiger partial charge in [-0.15, -0.1) is 0 Å². The summed E-state index contributed by atoms with van der Waals surface area (Å²) in [7, 11) is 1.54. The molecule has 1 saturated heterocycles. The molecule has 38 heavy (non-hydrogen) atoms. The zero-order chi connectivity index (χ0) is 26.6. The summed E-state index contributed by atoms with van der Waals surface area (Å²) in [5.74, 6) is 1.29. The van der Waals surface area contributed by atoms with E-state index in [1.165, 1.54) is 17.9 Å². The van der Waals surface area contributed by atoms with Crippen molar-refractivity contribution >= 4 is 23.3 Å². The van der Waals surface area contributed by atoms with Gasteiger partial charge in [0.15, 0.2) is 22.9 Å². The average Bonchev–Trinajstić information content (AvgIpc) is 3.41. The fraction of sp³-hybridized carbons (Fsp3) is 0.333. The summed E-state index contributed by atoms with van der Waals surface area (Å²) in [5.41, 5.74) is 0.769. The number of nitrogens with zero attached hydrogens (tertiary/aromatic N) is 3. The summed E-state index contributed by atoms with van der Waals surface area (Å²) in [5, 5.41) is 7.18. The topological polar surface area (TPSA) is 121 Å². The molecule has 1 fully saturated rings. The predicted molar refractivity (Wildman–Crippen MR) is 137 cm³/mol. The number of aryl methyl sites for hydroxylation is 1. The van der Waals surface area contributed by atoms with Crippen molar-refractivity contribution in [2.24, 2.45) is 13.0 Å². The van der Waals surface area contributed by atoms with Gasteiger partial charge in [0.2, 0.25) is 6.79 Å². The molecule has 1 aromatic heterocycles. The van der Waals surface area contributed by atoms with Gasteiger partial charge in [0, 0.05) is 37.5 Å². The number of carbonyl (C=O) groups is 2. The molecule has 3 heterocycles. The summed E-state index contributed by atoms with van der Waals surface area (Å²) in [6.45, 7) is 3.21. The van der Waals surface area contributed by atoms with Gasteiger partial charge in [-0.2, -0.15) is 5.10 Å². The van der Waals surface area contributed by atoms with E-state index in [0.717, 1.165) is 0 Å². The first-order valence-corrected chi connectivity index (χ1v) is 12.4. The molecule has 0 aliphatic carbocycles. The smallest absolute Gasteiger partial charge is 0.309 e. The molecule has 0 saturated carbocycles. The Hall–Kier alpha value is -4.54. The third-order valence-electron chi connectivity index (χ3n) is 6.46. The number of hydrogen-bond acceptors (Lipinski definition) is 9. The molecule has 11 nitrogen and oxygen atoms in total. The number of esters is 1. The van der Waals surface area contributed by atoms with Crippen LogP contribution < -0.4 is 25.1 Å². The van der Waals surface area contributed by atoms with Crippen molar-refractivity contribution < 1.29 is 28.5 Å². The number of benzene rings is 2. The van der Waals surface area contributed by atoms with E-state index in [9.17, 15) is 14.4 Å². The van der Waals surface area contributed by atoms with Gasteiger partial charge in [-0.1, -0.05) is 6.07 Å². The largest absolute Gasteiger partial charge is 0.466 e. The van der Waals surface area contributed by atoms with Crippen LogP contribution in [0.25, 0.3) is 0 Å². The number of piperidine rings is 1. The summed E-state index contributed by atoms with van der Waals surface area (Å²) >= 11 is 0. The van der Waals surface area contributed by atoms with E-state index in [2.05, 4.69) is 10.4 Å². The lowest BCUT2D eigenvalue weighted by molar-refractivity contribution is -0.149. The number of aromatic nitrogens is 2. The molecule has 0 bridgehead atoms. The van der Waals surface area contributed by atoms with Crippen molar-refractivity contribution in [2.75, 3.05) is 31.8 Å². The first-order valence-electron chi connectivity index (χ1n) is 12.4. The van der Waals surface area contributed by atoms with E-state index in [1.54, 1.807) is 54.3 Å². The van der Waals surface area contributed by atoms with Crippen molar-refractivity contribution in [1.82, 2.24) is 14.7 Å². The minimum Gasteiger partial charge on any atom is -0.466 e. The molecule has 2 aliphatic heterocycles. The minimum atomic E-state index is -0.402. The van der Waals surface area contributed by atoms with E-state index in [1.807, 2.05) is 0 Å². The summed E-state index contributed by atoms with van der Waals surface area (Å²) in [6.07, 6.45) is 2.57. The Kier molecular flexibility index (Phi) is 7.16. The van der Waals surface area contributed by atoms with Crippen molar-refractivity contribution in [3.8, 4) is 23.0 Å². The molecule has 198 valence electrons. The van der Waals surface area contributed by atoms with Crippen LogP contribution in [0.2, 0.25) is 0 Å². The van der Waals surface area contributed by atoms with Crippen LogP contribution in [0.15, 0.2) is 53.5 Å². The van der Waals surface area contributed by atoms with Gasteiger partial charge in [0.25, 0.3) is 11.5 Å². The molecule has 3 aromatic rings. The third kappa shape index (κ3) is 5.26. The highest BCUT2D eigenvalue weighted by atomic mass is 16.7. The van der Waals surface area contributed by atoms with Gasteiger partial charge in [-0.25, -0.2) is 4.68 Å². The van der Waals surface area contributed by atoms with Crippen LogP contribution in [0.3, 0.4) is 0 Å². The first-order chi connectivity index (χ1) is 18.4. The molecule has 0 atom stereocenters. The van der Waals surface area contributed by atoms with Gasteiger partial charge >= 0.3 is 5.97 Å². The second-order valence-electron chi connectivity index (χ2n) is 8.95. The van der Waals surface area contributed by atoms with Gasteiger partial charge < -0.3 is 29.2 Å². The quantitative estimate of drug-likeness (QED) is 0.467. The standard InChI is InChI=1S/C27H28N4O7/c1-3-35-27(34)17-9-11-31(12-10-17)25(32)18-5-4-6-19(13-18)29-24-23(15-28-30(2)26(24)33)38-20-7-8-21-22(14-20)37-16-36-21/h4-8,13-15,17,29H,3,9-12,16H2,1-2H3. The van der Waals surface area contributed by atoms with Crippen molar-refractivity contribution in [2.45, 2.75) is 19.8 Å². The fourth-order valence-corrected chi connectivity index (χ4v) is 4.42. The van der Waals surface area contributed by atoms with Crippen LogP contribution in [0.5, 0.6) is 23.0 Å². The van der Waals surface area contributed by atoms with E-state index in [4.69, 9.17) is 18.9 Å². The zero-order valence-corrected chi connectivity index (χ0v) is 21.1. The van der Waals surface area contributed by atoms with Crippen LogP contribution in [0, 0.1) is 5.92 Å². The first kappa shape index (κ1) is 25.1. The van der Waals surface area contributed by atoms with Crippen molar-refractivity contribution in [1.29, 1.82) is 0 Å². The fourth-order valence-electron chi connectivity index (χ4n) is 4.42. The van der Waals surface area contributed by atoms with E-state index in [-0.39, 0.29) is 36.0 Å². The number of fused-ring (bicyclic) bond motifs is 1. The Morgan fingerprint density at radius 1 is 1.11 bits per heavy atom. The molecular weight excluding hydrogens is 492 g/mol. The number of anilines is 2. The predicted octanol–water partition coefficient (Wildman–Crippen LogP) is 3.46. The molecule has 5 rings (SSSR count). The Morgan fingerprint density at radius 3 is 2.68 bits per heavy atom. The highest BCUT2D eigenvalue weighted by molar-refractivity contribution is 5.95. The van der Waals surface area contributed by atoms with Crippen LogP contribution >= 0.6 is 0 Å². The number of ether oxygens (including phenoxy) is 4. The van der Waals surface area contributed by atoms with Crippen LogP contribution in [0.4, 0.5) is 11.4 Å².